The van der Waals surface area contributed by atoms with Crippen LogP contribution in [0.15, 0.2) is 6.07 Å². The second-order valence-corrected chi connectivity index (χ2v) is 4.72. The Hall–Kier alpha value is -1.11. The van der Waals surface area contributed by atoms with Crippen LogP contribution in [0, 0.1) is 0 Å². The van der Waals surface area contributed by atoms with E-state index >= 15 is 0 Å². The lowest BCUT2D eigenvalue weighted by Gasteiger charge is -2.21. The Bertz CT molecular complexity index is 470. The Morgan fingerprint density at radius 1 is 1.53 bits per heavy atom. The number of nitrogens with two attached hydrogens (primary N) is 1. The maximum atomic E-state index is 11.0. The first-order valence-electron chi connectivity index (χ1n) is 4.88. The van der Waals surface area contributed by atoms with Crippen LogP contribution in [-0.2, 0) is 4.79 Å². The molecule has 2 heterocycles. The Kier molecular flexibility index (Phi) is 3.11. The molecule has 1 unspecified atom stereocenters. The van der Waals surface area contributed by atoms with Gasteiger partial charge in [-0.3, -0.25) is 4.79 Å². The average molecular weight is 277 g/mol. The van der Waals surface area contributed by atoms with Crippen molar-refractivity contribution in [2.45, 2.75) is 12.0 Å². The summed E-state index contributed by atoms with van der Waals surface area (Å²) in [6.07, 6.45) is 0.346. The lowest BCUT2D eigenvalue weighted by atomic mass is 10.0. The number of hydrogen-bond acceptors (Lipinski definition) is 5. The SMILES string of the molecule is NC1(C(=O)O)CCN(c2cc(Cl)nnc2Cl)C1. The monoisotopic (exact) mass is 276 g/mol. The molecule has 0 radical (unpaired) electrons. The zero-order valence-corrected chi connectivity index (χ0v) is 10.2. The van der Waals surface area contributed by atoms with Gasteiger partial charge in [0.1, 0.15) is 5.54 Å². The van der Waals surface area contributed by atoms with Gasteiger partial charge in [-0.2, -0.15) is 0 Å². The van der Waals surface area contributed by atoms with Crippen molar-refractivity contribution in [2.24, 2.45) is 5.73 Å². The van der Waals surface area contributed by atoms with Crippen LogP contribution in [0.4, 0.5) is 5.69 Å². The molecule has 0 amide bonds. The van der Waals surface area contributed by atoms with Gasteiger partial charge in [0.2, 0.25) is 0 Å². The van der Waals surface area contributed by atoms with Gasteiger partial charge in [0, 0.05) is 19.2 Å². The van der Waals surface area contributed by atoms with E-state index in [1.54, 1.807) is 11.0 Å². The van der Waals surface area contributed by atoms with Crippen LogP contribution in [0.1, 0.15) is 6.42 Å². The first-order chi connectivity index (χ1) is 7.92. The summed E-state index contributed by atoms with van der Waals surface area (Å²) in [5.41, 5.74) is 5.07. The third-order valence-corrected chi connectivity index (χ3v) is 3.22. The van der Waals surface area contributed by atoms with Crippen LogP contribution < -0.4 is 10.6 Å². The third kappa shape index (κ3) is 2.29. The van der Waals surface area contributed by atoms with Crippen LogP contribution in [0.5, 0.6) is 0 Å². The quantitative estimate of drug-likeness (QED) is 0.829. The minimum absolute atomic E-state index is 0.171. The normalized spacial score (nSPS) is 24.1. The van der Waals surface area contributed by atoms with Crippen LogP contribution in [0.25, 0.3) is 0 Å². The van der Waals surface area contributed by atoms with E-state index in [1.165, 1.54) is 0 Å². The van der Waals surface area contributed by atoms with Gasteiger partial charge in [-0.15, -0.1) is 10.2 Å². The number of carboxylic acids is 1. The maximum Gasteiger partial charge on any atom is 0.325 e. The lowest BCUT2D eigenvalue weighted by molar-refractivity contribution is -0.142. The molecule has 1 aromatic heterocycles. The molecular formula is C9H10Cl2N4O2. The fraction of sp³-hybridized carbons (Fsp3) is 0.444. The molecule has 0 aliphatic carbocycles. The van der Waals surface area contributed by atoms with Gasteiger partial charge in [0.15, 0.2) is 10.3 Å². The van der Waals surface area contributed by atoms with Crippen molar-refractivity contribution in [1.29, 1.82) is 0 Å². The van der Waals surface area contributed by atoms with E-state index in [-0.39, 0.29) is 16.9 Å². The molecule has 8 heteroatoms. The predicted octanol–water partition coefficient (Wildman–Crippen LogP) is 0.776. The highest BCUT2D eigenvalue weighted by molar-refractivity contribution is 6.33. The summed E-state index contributed by atoms with van der Waals surface area (Å²) in [7, 11) is 0. The van der Waals surface area contributed by atoms with Crippen LogP contribution in [-0.4, -0.2) is 39.9 Å². The highest BCUT2D eigenvalue weighted by atomic mass is 35.5. The predicted molar refractivity (Wildman–Crippen MR) is 63.4 cm³/mol. The van der Waals surface area contributed by atoms with E-state index in [1.807, 2.05) is 0 Å². The third-order valence-electron chi connectivity index (χ3n) is 2.77. The molecule has 0 spiro atoms. The second kappa shape index (κ2) is 4.29. The minimum Gasteiger partial charge on any atom is -0.480 e. The summed E-state index contributed by atoms with van der Waals surface area (Å²) in [6, 6.07) is 1.55. The number of anilines is 1. The molecule has 17 heavy (non-hydrogen) atoms. The Morgan fingerprint density at radius 2 is 2.24 bits per heavy atom. The summed E-state index contributed by atoms with van der Waals surface area (Å²) in [5, 5.41) is 16.7. The average Bonchev–Trinajstić information content (AvgIpc) is 2.66. The first-order valence-corrected chi connectivity index (χ1v) is 5.64. The van der Waals surface area contributed by atoms with E-state index in [2.05, 4.69) is 10.2 Å². The molecule has 1 aromatic rings. The number of halogens is 2. The molecule has 2 rings (SSSR count). The number of rotatable bonds is 2. The Morgan fingerprint density at radius 3 is 2.82 bits per heavy atom. The number of carbonyl (C=O) groups is 1. The molecule has 0 aromatic carbocycles. The van der Waals surface area contributed by atoms with Crippen molar-refractivity contribution in [2.75, 3.05) is 18.0 Å². The smallest absolute Gasteiger partial charge is 0.325 e. The Labute approximate surface area is 107 Å². The van der Waals surface area contributed by atoms with Crippen molar-refractivity contribution in [1.82, 2.24) is 10.2 Å². The van der Waals surface area contributed by atoms with Gasteiger partial charge in [0.05, 0.1) is 5.69 Å². The van der Waals surface area contributed by atoms with Crippen LogP contribution in [0.2, 0.25) is 10.3 Å². The number of hydrogen-bond donors (Lipinski definition) is 2. The van der Waals surface area contributed by atoms with E-state index in [4.69, 9.17) is 34.0 Å². The van der Waals surface area contributed by atoms with Gasteiger partial charge in [-0.05, 0) is 6.42 Å². The van der Waals surface area contributed by atoms with Crippen molar-refractivity contribution in [3.05, 3.63) is 16.4 Å². The number of aliphatic carboxylic acids is 1. The zero-order chi connectivity index (χ0) is 12.6. The van der Waals surface area contributed by atoms with Crippen molar-refractivity contribution in [3.8, 4) is 0 Å². The fourth-order valence-electron chi connectivity index (χ4n) is 1.78. The van der Waals surface area contributed by atoms with E-state index in [0.717, 1.165) is 0 Å². The molecule has 92 valence electrons. The molecule has 1 aliphatic rings. The molecular weight excluding hydrogens is 267 g/mol. The zero-order valence-electron chi connectivity index (χ0n) is 8.73. The van der Waals surface area contributed by atoms with E-state index in [0.29, 0.717) is 18.7 Å². The molecule has 1 aliphatic heterocycles. The van der Waals surface area contributed by atoms with Crippen molar-refractivity contribution in [3.63, 3.8) is 0 Å². The molecule has 3 N–H and O–H groups in total. The highest BCUT2D eigenvalue weighted by Gasteiger charge is 2.42. The van der Waals surface area contributed by atoms with Gasteiger partial charge in [-0.25, -0.2) is 0 Å². The van der Waals surface area contributed by atoms with Gasteiger partial charge >= 0.3 is 5.97 Å². The molecule has 1 saturated heterocycles. The number of aromatic nitrogens is 2. The number of carboxylic acid groups (broad SMARTS) is 1. The molecule has 1 atom stereocenters. The van der Waals surface area contributed by atoms with Gasteiger partial charge in [0.25, 0.3) is 0 Å². The van der Waals surface area contributed by atoms with Gasteiger partial charge < -0.3 is 15.7 Å². The summed E-state index contributed by atoms with van der Waals surface area (Å²) < 4.78 is 0. The summed E-state index contributed by atoms with van der Waals surface area (Å²) in [5.74, 6) is -1.02. The second-order valence-electron chi connectivity index (χ2n) is 3.98. The van der Waals surface area contributed by atoms with Crippen LogP contribution in [0.3, 0.4) is 0 Å². The molecule has 1 fully saturated rings. The van der Waals surface area contributed by atoms with Crippen molar-refractivity contribution < 1.29 is 9.90 Å². The standard InChI is InChI=1S/C9H10Cl2N4O2/c10-6-3-5(7(11)14-13-6)15-2-1-9(12,4-15)8(16)17/h3H,1-2,4,12H2,(H,16,17). The Balaban J connectivity index is 2.26. The highest BCUT2D eigenvalue weighted by Crippen LogP contribution is 2.30. The maximum absolute atomic E-state index is 11.0. The molecule has 6 nitrogen and oxygen atoms in total. The van der Waals surface area contributed by atoms with Crippen LogP contribution >= 0.6 is 23.2 Å². The topological polar surface area (TPSA) is 92.3 Å². The van der Waals surface area contributed by atoms with E-state index in [9.17, 15) is 4.79 Å². The van der Waals surface area contributed by atoms with Gasteiger partial charge in [-0.1, -0.05) is 23.2 Å². The fourth-order valence-corrected chi connectivity index (χ4v) is 2.13. The molecule has 0 bridgehead atoms. The minimum atomic E-state index is -1.25. The van der Waals surface area contributed by atoms with Crippen molar-refractivity contribution >= 4 is 34.9 Å². The van der Waals surface area contributed by atoms with E-state index < -0.39 is 11.5 Å². The first kappa shape index (κ1) is 12.3. The summed E-state index contributed by atoms with van der Waals surface area (Å²) in [4.78, 5) is 12.8. The molecule has 0 saturated carbocycles. The number of nitrogens with zero attached hydrogens (tertiary/aromatic N) is 3. The largest absolute Gasteiger partial charge is 0.480 e. The summed E-state index contributed by atoms with van der Waals surface area (Å²) >= 11 is 11.6. The lowest BCUT2D eigenvalue weighted by Crippen LogP contribution is -2.50. The summed E-state index contributed by atoms with van der Waals surface area (Å²) in [6.45, 7) is 0.661.